The predicted octanol–water partition coefficient (Wildman–Crippen LogP) is 3.42. The van der Waals surface area contributed by atoms with E-state index in [1.807, 2.05) is 13.8 Å². The van der Waals surface area contributed by atoms with Crippen molar-refractivity contribution in [2.75, 3.05) is 19.8 Å². The number of carbonyl (C=O) groups is 1. The van der Waals surface area contributed by atoms with Gasteiger partial charge in [0.2, 0.25) is 5.91 Å². The first-order chi connectivity index (χ1) is 10.5. The zero-order chi connectivity index (χ0) is 16.1. The largest absolute Gasteiger partial charge is 0.382 e. The zero-order valence-electron chi connectivity index (χ0n) is 14.9. The van der Waals surface area contributed by atoms with Gasteiger partial charge in [0.05, 0.1) is 5.92 Å². The first-order valence-corrected chi connectivity index (χ1v) is 9.13. The number of nitrogens with two attached hydrogens (primary N) is 1. The summed E-state index contributed by atoms with van der Waals surface area (Å²) in [5.74, 6) is 0.152. The van der Waals surface area contributed by atoms with Gasteiger partial charge in [0.15, 0.2) is 0 Å². The van der Waals surface area contributed by atoms with Crippen LogP contribution in [-0.4, -0.2) is 31.2 Å². The van der Waals surface area contributed by atoms with Gasteiger partial charge in [0.1, 0.15) is 0 Å². The number of amides is 1. The number of rotatable bonds is 7. The fourth-order valence-corrected chi connectivity index (χ4v) is 4.26. The summed E-state index contributed by atoms with van der Waals surface area (Å²) < 4.78 is 5.54. The molecule has 4 nitrogen and oxygen atoms in total. The van der Waals surface area contributed by atoms with E-state index >= 15 is 0 Å². The van der Waals surface area contributed by atoms with Crippen molar-refractivity contribution in [1.29, 1.82) is 0 Å². The Bertz CT molecular complexity index is 368. The highest BCUT2D eigenvalue weighted by atomic mass is 35.5. The average Bonchev–Trinajstić information content (AvgIpc) is 2.94. The molecule has 2 fully saturated rings. The molecule has 0 saturated heterocycles. The average molecular weight is 347 g/mol. The summed E-state index contributed by atoms with van der Waals surface area (Å²) in [7, 11) is 0. The van der Waals surface area contributed by atoms with E-state index in [0.717, 1.165) is 51.9 Å². The Labute approximate surface area is 147 Å². The molecule has 2 aliphatic carbocycles. The molecule has 2 atom stereocenters. The van der Waals surface area contributed by atoms with Crippen LogP contribution < -0.4 is 11.1 Å². The van der Waals surface area contributed by atoms with Gasteiger partial charge in [-0.15, -0.1) is 12.4 Å². The van der Waals surface area contributed by atoms with Crippen molar-refractivity contribution < 1.29 is 9.53 Å². The summed E-state index contributed by atoms with van der Waals surface area (Å²) in [4.78, 5) is 12.6. The third-order valence-electron chi connectivity index (χ3n) is 5.85. The molecule has 0 radical (unpaired) electrons. The van der Waals surface area contributed by atoms with Gasteiger partial charge in [-0.05, 0) is 51.4 Å². The van der Waals surface area contributed by atoms with Crippen molar-refractivity contribution >= 4 is 18.3 Å². The smallest absolute Gasteiger partial charge is 0.224 e. The van der Waals surface area contributed by atoms with Crippen molar-refractivity contribution in [3.63, 3.8) is 0 Å². The Morgan fingerprint density at radius 2 is 1.87 bits per heavy atom. The quantitative estimate of drug-likeness (QED) is 0.694. The third-order valence-corrected chi connectivity index (χ3v) is 5.85. The topological polar surface area (TPSA) is 64.3 Å². The standard InChI is InChI=1S/C18H34N2O2.ClH/c1-3-22-13-12-18(10-6-7-11-18)14-20-16(21)15-8-4-5-9-17(15,2)19;/h15H,3-14,19H2,1-2H3,(H,20,21);1H. The van der Waals surface area contributed by atoms with Crippen LogP contribution >= 0.6 is 12.4 Å². The number of nitrogens with one attached hydrogen (secondary N) is 1. The van der Waals surface area contributed by atoms with Crippen molar-refractivity contribution in [3.8, 4) is 0 Å². The van der Waals surface area contributed by atoms with Gasteiger partial charge in [0.25, 0.3) is 0 Å². The maximum Gasteiger partial charge on any atom is 0.224 e. The monoisotopic (exact) mass is 346 g/mol. The minimum absolute atomic E-state index is 0. The summed E-state index contributed by atoms with van der Waals surface area (Å²) in [6.07, 6.45) is 10.2. The van der Waals surface area contributed by atoms with Crippen LogP contribution in [0.15, 0.2) is 0 Å². The van der Waals surface area contributed by atoms with Crippen molar-refractivity contribution in [2.24, 2.45) is 17.1 Å². The lowest BCUT2D eigenvalue weighted by Gasteiger charge is -2.38. The molecular weight excluding hydrogens is 312 g/mol. The van der Waals surface area contributed by atoms with Crippen LogP contribution in [0.5, 0.6) is 0 Å². The van der Waals surface area contributed by atoms with Crippen molar-refractivity contribution in [3.05, 3.63) is 0 Å². The van der Waals surface area contributed by atoms with E-state index in [0.29, 0.717) is 0 Å². The second-order valence-electron chi connectivity index (χ2n) is 7.68. The summed E-state index contributed by atoms with van der Waals surface area (Å²) in [5, 5.41) is 3.24. The normalized spacial score (nSPS) is 29.8. The first kappa shape index (κ1) is 20.7. The molecule has 0 aromatic rings. The first-order valence-electron chi connectivity index (χ1n) is 9.13. The van der Waals surface area contributed by atoms with Gasteiger partial charge in [-0.25, -0.2) is 0 Å². The second-order valence-corrected chi connectivity index (χ2v) is 7.68. The van der Waals surface area contributed by atoms with Gasteiger partial charge in [-0.2, -0.15) is 0 Å². The molecule has 0 spiro atoms. The molecule has 0 aliphatic heterocycles. The van der Waals surface area contributed by atoms with Crippen molar-refractivity contribution in [1.82, 2.24) is 5.32 Å². The van der Waals surface area contributed by atoms with E-state index in [2.05, 4.69) is 5.32 Å². The van der Waals surface area contributed by atoms with E-state index in [-0.39, 0.29) is 35.2 Å². The molecule has 2 rings (SSSR count). The van der Waals surface area contributed by atoms with Gasteiger partial charge < -0.3 is 15.8 Å². The number of ether oxygens (including phenoxy) is 1. The lowest BCUT2D eigenvalue weighted by molar-refractivity contribution is -0.128. The Morgan fingerprint density at radius 3 is 2.48 bits per heavy atom. The molecule has 0 aromatic heterocycles. The molecular formula is C18H35ClN2O2. The third kappa shape index (κ3) is 5.61. The number of carbonyl (C=O) groups excluding carboxylic acids is 1. The molecule has 2 aliphatic rings. The van der Waals surface area contributed by atoms with Gasteiger partial charge in [-0.3, -0.25) is 4.79 Å². The fourth-order valence-electron chi connectivity index (χ4n) is 4.26. The number of hydrogen-bond acceptors (Lipinski definition) is 3. The van der Waals surface area contributed by atoms with Crippen LogP contribution in [-0.2, 0) is 9.53 Å². The maximum atomic E-state index is 12.6. The van der Waals surface area contributed by atoms with Gasteiger partial charge >= 0.3 is 0 Å². The van der Waals surface area contributed by atoms with E-state index in [1.165, 1.54) is 25.7 Å². The SMILES string of the molecule is CCOCCC1(CNC(=O)C2CCCCC2(C)N)CCCC1.Cl. The van der Waals surface area contributed by atoms with Crippen LogP contribution in [0.4, 0.5) is 0 Å². The highest BCUT2D eigenvalue weighted by Gasteiger charge is 2.39. The Kier molecular flexibility index (Phi) is 8.32. The molecule has 2 saturated carbocycles. The Balaban J connectivity index is 0.00000264. The Morgan fingerprint density at radius 1 is 1.22 bits per heavy atom. The van der Waals surface area contributed by atoms with Gasteiger partial charge in [0, 0.05) is 25.3 Å². The van der Waals surface area contributed by atoms with E-state index < -0.39 is 0 Å². The van der Waals surface area contributed by atoms with Crippen LogP contribution in [0, 0.1) is 11.3 Å². The van der Waals surface area contributed by atoms with E-state index in [4.69, 9.17) is 10.5 Å². The molecule has 1 amide bonds. The Hall–Kier alpha value is -0.320. The molecule has 23 heavy (non-hydrogen) atoms. The summed E-state index contributed by atoms with van der Waals surface area (Å²) in [6, 6.07) is 0. The summed E-state index contributed by atoms with van der Waals surface area (Å²) >= 11 is 0. The molecule has 5 heteroatoms. The van der Waals surface area contributed by atoms with Gasteiger partial charge in [-0.1, -0.05) is 25.7 Å². The molecule has 0 bridgehead atoms. The van der Waals surface area contributed by atoms with Crippen LogP contribution in [0.2, 0.25) is 0 Å². The number of halogens is 1. The second kappa shape index (κ2) is 9.24. The van der Waals surface area contributed by atoms with Crippen LogP contribution in [0.3, 0.4) is 0 Å². The predicted molar refractivity (Wildman–Crippen MR) is 96.8 cm³/mol. The van der Waals surface area contributed by atoms with Crippen LogP contribution in [0.1, 0.15) is 71.6 Å². The molecule has 136 valence electrons. The fraction of sp³-hybridized carbons (Fsp3) is 0.944. The lowest BCUT2D eigenvalue weighted by atomic mass is 9.74. The highest BCUT2D eigenvalue weighted by molar-refractivity contribution is 5.85. The zero-order valence-corrected chi connectivity index (χ0v) is 15.7. The number of hydrogen-bond donors (Lipinski definition) is 2. The summed E-state index contributed by atoms with van der Waals surface area (Å²) in [6.45, 7) is 6.46. The lowest BCUT2D eigenvalue weighted by Crippen LogP contribution is -2.53. The highest BCUT2D eigenvalue weighted by Crippen LogP contribution is 2.41. The molecule has 3 N–H and O–H groups in total. The van der Waals surface area contributed by atoms with E-state index in [1.54, 1.807) is 0 Å². The van der Waals surface area contributed by atoms with E-state index in [9.17, 15) is 4.79 Å². The molecule has 0 aromatic carbocycles. The molecule has 0 heterocycles. The molecule has 2 unspecified atom stereocenters. The minimum Gasteiger partial charge on any atom is -0.382 e. The van der Waals surface area contributed by atoms with Crippen molar-refractivity contribution in [2.45, 2.75) is 77.2 Å². The summed E-state index contributed by atoms with van der Waals surface area (Å²) in [5.41, 5.74) is 6.27. The van der Waals surface area contributed by atoms with Crippen LogP contribution in [0.25, 0.3) is 0 Å². The minimum atomic E-state index is -0.337. The maximum absolute atomic E-state index is 12.6.